The Morgan fingerprint density at radius 2 is 2.31 bits per heavy atom. The van der Waals surface area contributed by atoms with E-state index in [0.29, 0.717) is 24.8 Å². The van der Waals surface area contributed by atoms with Crippen LogP contribution in [0.5, 0.6) is 5.88 Å². The highest BCUT2D eigenvalue weighted by Gasteiger charge is 2.07. The Hall–Kier alpha value is -1.80. The topological polar surface area (TPSA) is 81.2 Å². The molecule has 16 heavy (non-hydrogen) atoms. The van der Waals surface area contributed by atoms with Crippen LogP contribution in [-0.4, -0.2) is 24.3 Å². The molecule has 0 fully saturated rings. The van der Waals surface area contributed by atoms with Crippen LogP contribution in [0.15, 0.2) is 12.1 Å². The third kappa shape index (κ3) is 3.41. The number of ether oxygens (including phenoxy) is 2. The maximum atomic E-state index is 8.75. The van der Waals surface area contributed by atoms with Gasteiger partial charge in [-0.15, -0.1) is 0 Å². The molecule has 0 aromatic carbocycles. The highest BCUT2D eigenvalue weighted by atomic mass is 16.5. The third-order valence-corrected chi connectivity index (χ3v) is 1.89. The standard InChI is InChI=1S/C11H15N3O2/c1-3-15-7-8(2)16-11-5-4-9(13)10(6-12)14-11/h4-5,8H,3,7,13H2,1-2H3. The van der Waals surface area contributed by atoms with Gasteiger partial charge in [0.25, 0.3) is 0 Å². The van der Waals surface area contributed by atoms with E-state index >= 15 is 0 Å². The van der Waals surface area contributed by atoms with Gasteiger partial charge in [-0.2, -0.15) is 5.26 Å². The van der Waals surface area contributed by atoms with Gasteiger partial charge >= 0.3 is 0 Å². The predicted molar refractivity (Wildman–Crippen MR) is 59.9 cm³/mol. The van der Waals surface area contributed by atoms with Crippen LogP contribution in [-0.2, 0) is 4.74 Å². The van der Waals surface area contributed by atoms with Crippen molar-refractivity contribution in [2.24, 2.45) is 0 Å². The fraction of sp³-hybridized carbons (Fsp3) is 0.455. The summed E-state index contributed by atoms with van der Waals surface area (Å²) in [6, 6.07) is 5.15. The van der Waals surface area contributed by atoms with Crippen molar-refractivity contribution in [1.29, 1.82) is 5.26 Å². The van der Waals surface area contributed by atoms with E-state index in [2.05, 4.69) is 4.98 Å². The van der Waals surface area contributed by atoms with Crippen LogP contribution in [0, 0.1) is 11.3 Å². The van der Waals surface area contributed by atoms with Gasteiger partial charge in [-0.05, 0) is 19.9 Å². The summed E-state index contributed by atoms with van der Waals surface area (Å²) in [4.78, 5) is 3.97. The lowest BCUT2D eigenvalue weighted by Gasteiger charge is -2.13. The van der Waals surface area contributed by atoms with Gasteiger partial charge in [0.15, 0.2) is 5.69 Å². The Morgan fingerprint density at radius 1 is 1.56 bits per heavy atom. The lowest BCUT2D eigenvalue weighted by atomic mass is 10.3. The van der Waals surface area contributed by atoms with Crippen molar-refractivity contribution in [3.63, 3.8) is 0 Å². The van der Waals surface area contributed by atoms with Gasteiger partial charge in [0.2, 0.25) is 5.88 Å². The molecular formula is C11H15N3O2. The molecule has 2 N–H and O–H groups in total. The van der Waals surface area contributed by atoms with Crippen molar-refractivity contribution in [2.45, 2.75) is 20.0 Å². The van der Waals surface area contributed by atoms with Gasteiger partial charge < -0.3 is 15.2 Å². The normalized spacial score (nSPS) is 11.8. The number of nitrogens with zero attached hydrogens (tertiary/aromatic N) is 2. The number of anilines is 1. The van der Waals surface area contributed by atoms with Crippen molar-refractivity contribution in [3.8, 4) is 11.9 Å². The molecule has 0 aliphatic rings. The molecule has 86 valence electrons. The summed E-state index contributed by atoms with van der Waals surface area (Å²) in [5.41, 5.74) is 6.08. The average Bonchev–Trinajstić information content (AvgIpc) is 2.29. The number of rotatable bonds is 5. The Balaban J connectivity index is 2.64. The molecule has 0 bridgehead atoms. The summed E-state index contributed by atoms with van der Waals surface area (Å²) in [5, 5.41) is 8.75. The minimum Gasteiger partial charge on any atom is -0.472 e. The Bertz CT molecular complexity index is 387. The lowest BCUT2D eigenvalue weighted by Crippen LogP contribution is -2.19. The zero-order chi connectivity index (χ0) is 12.0. The smallest absolute Gasteiger partial charge is 0.214 e. The van der Waals surface area contributed by atoms with Crippen LogP contribution < -0.4 is 10.5 Å². The molecule has 0 radical (unpaired) electrons. The van der Waals surface area contributed by atoms with Crippen LogP contribution in [0.25, 0.3) is 0 Å². The molecule has 0 amide bonds. The van der Waals surface area contributed by atoms with E-state index in [4.69, 9.17) is 20.5 Å². The lowest BCUT2D eigenvalue weighted by molar-refractivity contribution is 0.0633. The van der Waals surface area contributed by atoms with Gasteiger partial charge in [0, 0.05) is 12.7 Å². The fourth-order valence-electron chi connectivity index (χ4n) is 1.13. The summed E-state index contributed by atoms with van der Waals surface area (Å²) in [5.74, 6) is 0.387. The third-order valence-electron chi connectivity index (χ3n) is 1.89. The molecule has 5 nitrogen and oxygen atoms in total. The minimum atomic E-state index is -0.109. The molecule has 0 aliphatic heterocycles. The molecule has 0 saturated heterocycles. The number of pyridine rings is 1. The second kappa shape index (κ2) is 5.93. The van der Waals surface area contributed by atoms with E-state index in [1.165, 1.54) is 0 Å². The molecule has 0 aliphatic carbocycles. The van der Waals surface area contributed by atoms with Gasteiger partial charge in [-0.3, -0.25) is 0 Å². The predicted octanol–water partition coefficient (Wildman–Crippen LogP) is 1.34. The quantitative estimate of drug-likeness (QED) is 0.811. The Kier molecular flexibility index (Phi) is 4.55. The summed E-state index contributed by atoms with van der Waals surface area (Å²) >= 11 is 0. The van der Waals surface area contributed by atoms with Gasteiger partial charge in [-0.25, -0.2) is 4.98 Å². The molecule has 5 heteroatoms. The SMILES string of the molecule is CCOCC(C)Oc1ccc(N)c(C#N)n1. The summed E-state index contributed by atoms with van der Waals surface area (Å²) in [7, 11) is 0. The number of nitrogens with two attached hydrogens (primary N) is 1. The van der Waals surface area contributed by atoms with E-state index in [9.17, 15) is 0 Å². The van der Waals surface area contributed by atoms with Gasteiger partial charge in [0.05, 0.1) is 12.3 Å². The highest BCUT2D eigenvalue weighted by Crippen LogP contribution is 2.15. The van der Waals surface area contributed by atoms with E-state index in [1.807, 2.05) is 19.9 Å². The van der Waals surface area contributed by atoms with Crippen molar-refractivity contribution in [3.05, 3.63) is 17.8 Å². The minimum absolute atomic E-state index is 0.109. The molecule has 1 unspecified atom stereocenters. The first kappa shape index (κ1) is 12.3. The van der Waals surface area contributed by atoms with Crippen LogP contribution >= 0.6 is 0 Å². The number of nitrogen functional groups attached to an aromatic ring is 1. The zero-order valence-corrected chi connectivity index (χ0v) is 9.43. The summed E-state index contributed by atoms with van der Waals surface area (Å²) in [6.45, 7) is 4.93. The van der Waals surface area contributed by atoms with E-state index in [0.717, 1.165) is 0 Å². The monoisotopic (exact) mass is 221 g/mol. The number of nitriles is 1. The first-order chi connectivity index (χ1) is 7.67. The molecule has 1 aromatic rings. The number of aromatic nitrogens is 1. The van der Waals surface area contributed by atoms with Crippen LogP contribution in [0.3, 0.4) is 0 Å². The van der Waals surface area contributed by atoms with Crippen LogP contribution in [0.4, 0.5) is 5.69 Å². The molecule has 1 rings (SSSR count). The van der Waals surface area contributed by atoms with E-state index in [-0.39, 0.29) is 11.8 Å². The van der Waals surface area contributed by atoms with Crippen molar-refractivity contribution in [1.82, 2.24) is 4.98 Å². The maximum Gasteiger partial charge on any atom is 0.214 e. The van der Waals surface area contributed by atoms with Gasteiger partial charge in [-0.1, -0.05) is 0 Å². The van der Waals surface area contributed by atoms with Crippen molar-refractivity contribution < 1.29 is 9.47 Å². The second-order valence-corrected chi connectivity index (χ2v) is 3.29. The first-order valence-corrected chi connectivity index (χ1v) is 5.08. The zero-order valence-electron chi connectivity index (χ0n) is 9.43. The number of hydrogen-bond donors (Lipinski definition) is 1. The van der Waals surface area contributed by atoms with E-state index < -0.39 is 0 Å². The van der Waals surface area contributed by atoms with Crippen molar-refractivity contribution in [2.75, 3.05) is 18.9 Å². The Labute approximate surface area is 94.8 Å². The molecule has 1 aromatic heterocycles. The van der Waals surface area contributed by atoms with Gasteiger partial charge in [0.1, 0.15) is 12.2 Å². The largest absolute Gasteiger partial charge is 0.472 e. The first-order valence-electron chi connectivity index (χ1n) is 5.08. The van der Waals surface area contributed by atoms with Crippen LogP contribution in [0.2, 0.25) is 0 Å². The van der Waals surface area contributed by atoms with Crippen LogP contribution in [0.1, 0.15) is 19.5 Å². The molecular weight excluding hydrogens is 206 g/mol. The average molecular weight is 221 g/mol. The van der Waals surface area contributed by atoms with Crippen molar-refractivity contribution >= 4 is 5.69 Å². The second-order valence-electron chi connectivity index (χ2n) is 3.29. The summed E-state index contributed by atoms with van der Waals surface area (Å²) < 4.78 is 10.7. The molecule has 0 spiro atoms. The molecule has 1 atom stereocenters. The van der Waals surface area contributed by atoms with E-state index in [1.54, 1.807) is 12.1 Å². The molecule has 0 saturated carbocycles. The maximum absolute atomic E-state index is 8.75. The summed E-state index contributed by atoms with van der Waals surface area (Å²) in [6.07, 6.45) is -0.109. The Morgan fingerprint density at radius 3 is 2.94 bits per heavy atom. The number of hydrogen-bond acceptors (Lipinski definition) is 5. The highest BCUT2D eigenvalue weighted by molar-refractivity contribution is 5.50. The fourth-order valence-corrected chi connectivity index (χ4v) is 1.13. The molecule has 1 heterocycles.